The first-order chi connectivity index (χ1) is 13.2. The Balaban J connectivity index is 1.43. The number of carbonyl (C=O) groups is 1. The third kappa shape index (κ3) is 3.67. The molecule has 1 saturated heterocycles. The van der Waals surface area contributed by atoms with Gasteiger partial charge in [0.2, 0.25) is 5.95 Å². The average Bonchev–Trinajstić information content (AvgIpc) is 3.38. The molecule has 0 bridgehead atoms. The van der Waals surface area contributed by atoms with Crippen LogP contribution in [0.15, 0.2) is 54.9 Å². The number of carbonyl (C=O) groups excluding carboxylic acids is 1. The predicted molar refractivity (Wildman–Crippen MR) is 103 cm³/mol. The minimum absolute atomic E-state index is 0.0710. The third-order valence-corrected chi connectivity index (χ3v) is 4.77. The van der Waals surface area contributed by atoms with Gasteiger partial charge in [-0.2, -0.15) is 5.10 Å². The zero-order valence-electron chi connectivity index (χ0n) is 15.2. The third-order valence-electron chi connectivity index (χ3n) is 4.77. The second kappa shape index (κ2) is 7.57. The molecular weight excluding hydrogens is 340 g/mol. The Bertz CT molecular complexity index is 923. The largest absolute Gasteiger partial charge is 0.346 e. The molecule has 1 amide bonds. The van der Waals surface area contributed by atoms with Gasteiger partial charge in [0, 0.05) is 43.6 Å². The number of amides is 1. The molecule has 1 aliphatic heterocycles. The predicted octanol–water partition coefficient (Wildman–Crippen LogP) is 2.37. The van der Waals surface area contributed by atoms with Gasteiger partial charge in [-0.1, -0.05) is 30.3 Å². The van der Waals surface area contributed by atoms with Gasteiger partial charge in [-0.3, -0.25) is 9.48 Å². The van der Waals surface area contributed by atoms with E-state index < -0.39 is 0 Å². The Hall–Kier alpha value is -3.22. The maximum absolute atomic E-state index is 12.5. The molecule has 1 fully saturated rings. The molecule has 3 aromatic rings. The molecule has 1 aliphatic rings. The highest BCUT2D eigenvalue weighted by Gasteiger charge is 2.26. The Morgan fingerprint density at radius 2 is 2.04 bits per heavy atom. The highest BCUT2D eigenvalue weighted by atomic mass is 16.2. The summed E-state index contributed by atoms with van der Waals surface area (Å²) in [4.78, 5) is 23.8. The van der Waals surface area contributed by atoms with Crippen LogP contribution in [-0.4, -0.2) is 44.8 Å². The molecule has 3 heterocycles. The van der Waals surface area contributed by atoms with E-state index in [1.54, 1.807) is 23.1 Å². The second-order valence-corrected chi connectivity index (χ2v) is 6.55. The lowest BCUT2D eigenvalue weighted by Crippen LogP contribution is -2.38. The van der Waals surface area contributed by atoms with Crippen LogP contribution >= 0.6 is 0 Å². The number of hydrogen-bond acceptors (Lipinski definition) is 5. The first-order valence-corrected chi connectivity index (χ1v) is 9.20. The van der Waals surface area contributed by atoms with Crippen LogP contribution in [0.3, 0.4) is 0 Å². The van der Waals surface area contributed by atoms with E-state index in [9.17, 15) is 4.79 Å². The summed E-state index contributed by atoms with van der Waals surface area (Å²) in [5.74, 6) is 0.617. The van der Waals surface area contributed by atoms with Crippen molar-refractivity contribution in [1.29, 1.82) is 0 Å². The van der Waals surface area contributed by atoms with Gasteiger partial charge < -0.3 is 10.2 Å². The molecule has 7 nitrogen and oxygen atoms in total. The van der Waals surface area contributed by atoms with Crippen LogP contribution in [-0.2, 0) is 6.54 Å². The van der Waals surface area contributed by atoms with Crippen molar-refractivity contribution in [3.05, 3.63) is 60.6 Å². The maximum atomic E-state index is 12.5. The van der Waals surface area contributed by atoms with Crippen LogP contribution in [0.2, 0.25) is 0 Å². The van der Waals surface area contributed by atoms with Crippen molar-refractivity contribution >= 4 is 11.9 Å². The molecule has 1 aromatic carbocycles. The van der Waals surface area contributed by atoms with Crippen molar-refractivity contribution in [3.8, 4) is 11.3 Å². The normalized spacial score (nSPS) is 16.5. The Labute approximate surface area is 158 Å². The number of hydrogen-bond donors (Lipinski definition) is 1. The lowest BCUT2D eigenvalue weighted by atomic mass is 10.1. The summed E-state index contributed by atoms with van der Waals surface area (Å²) >= 11 is 0. The molecule has 0 saturated carbocycles. The van der Waals surface area contributed by atoms with Crippen LogP contribution in [0.25, 0.3) is 11.3 Å². The van der Waals surface area contributed by atoms with Crippen molar-refractivity contribution < 1.29 is 4.79 Å². The van der Waals surface area contributed by atoms with E-state index in [4.69, 9.17) is 4.98 Å². The van der Waals surface area contributed by atoms with Crippen LogP contribution in [0.5, 0.6) is 0 Å². The van der Waals surface area contributed by atoms with Gasteiger partial charge in [-0.15, -0.1) is 0 Å². The number of aryl methyl sites for hydroxylation is 1. The van der Waals surface area contributed by atoms with E-state index in [0.717, 1.165) is 24.2 Å². The lowest BCUT2D eigenvalue weighted by molar-refractivity contribution is 0.0929. The van der Waals surface area contributed by atoms with E-state index in [1.165, 1.54) is 0 Å². The van der Waals surface area contributed by atoms with Crippen molar-refractivity contribution in [3.63, 3.8) is 0 Å². The summed E-state index contributed by atoms with van der Waals surface area (Å²) in [6, 6.07) is 13.8. The van der Waals surface area contributed by atoms with E-state index in [1.807, 2.05) is 43.3 Å². The van der Waals surface area contributed by atoms with Gasteiger partial charge in [-0.25, -0.2) is 9.97 Å². The Morgan fingerprint density at radius 3 is 2.85 bits per heavy atom. The van der Waals surface area contributed by atoms with Crippen LogP contribution in [0.4, 0.5) is 5.95 Å². The fraction of sp³-hybridized carbons (Fsp3) is 0.300. The van der Waals surface area contributed by atoms with Gasteiger partial charge in [0.05, 0.1) is 5.69 Å². The first kappa shape index (κ1) is 17.2. The molecule has 1 atom stereocenters. The number of aromatic nitrogens is 4. The van der Waals surface area contributed by atoms with E-state index in [0.29, 0.717) is 24.7 Å². The van der Waals surface area contributed by atoms with Crippen LogP contribution in [0.1, 0.15) is 23.8 Å². The van der Waals surface area contributed by atoms with Crippen molar-refractivity contribution in [2.45, 2.75) is 25.9 Å². The second-order valence-electron chi connectivity index (χ2n) is 6.55. The minimum atomic E-state index is -0.0832. The van der Waals surface area contributed by atoms with E-state index in [-0.39, 0.29) is 11.9 Å². The first-order valence-electron chi connectivity index (χ1n) is 9.20. The number of nitrogens with zero attached hydrogens (tertiary/aromatic N) is 5. The smallest absolute Gasteiger partial charge is 0.269 e. The summed E-state index contributed by atoms with van der Waals surface area (Å²) < 4.78 is 1.70. The monoisotopic (exact) mass is 362 g/mol. The zero-order valence-corrected chi connectivity index (χ0v) is 15.2. The summed E-state index contributed by atoms with van der Waals surface area (Å²) in [6.07, 6.45) is 4.31. The van der Waals surface area contributed by atoms with Crippen LogP contribution in [0, 0.1) is 0 Å². The van der Waals surface area contributed by atoms with Crippen molar-refractivity contribution in [2.75, 3.05) is 18.0 Å². The van der Waals surface area contributed by atoms with E-state index in [2.05, 4.69) is 20.3 Å². The summed E-state index contributed by atoms with van der Waals surface area (Å²) in [6.45, 7) is 4.16. The van der Waals surface area contributed by atoms with Gasteiger partial charge in [0.15, 0.2) is 0 Å². The zero-order chi connectivity index (χ0) is 18.6. The summed E-state index contributed by atoms with van der Waals surface area (Å²) in [7, 11) is 0. The molecular formula is C20H22N6O. The standard InChI is InChI=1S/C20H22N6O/c1-2-26-18(9-12-22-26)19(27)23-16-10-13-25(14-16)20-21-11-8-17(24-20)15-6-4-3-5-7-15/h3-9,11-12,16H,2,10,13-14H2,1H3,(H,23,27). The quantitative estimate of drug-likeness (QED) is 0.754. The number of anilines is 1. The minimum Gasteiger partial charge on any atom is -0.346 e. The van der Waals surface area contributed by atoms with Gasteiger partial charge in [0.1, 0.15) is 5.69 Å². The van der Waals surface area contributed by atoms with Crippen molar-refractivity contribution in [2.24, 2.45) is 0 Å². The number of benzene rings is 1. The van der Waals surface area contributed by atoms with Gasteiger partial charge in [-0.05, 0) is 25.5 Å². The summed E-state index contributed by atoms with van der Waals surface area (Å²) in [5, 5.41) is 7.26. The topological polar surface area (TPSA) is 75.9 Å². The van der Waals surface area contributed by atoms with Crippen molar-refractivity contribution in [1.82, 2.24) is 25.1 Å². The molecule has 1 unspecified atom stereocenters. The maximum Gasteiger partial charge on any atom is 0.269 e. The average molecular weight is 362 g/mol. The lowest BCUT2D eigenvalue weighted by Gasteiger charge is -2.17. The molecule has 4 rings (SSSR count). The molecule has 0 aliphatic carbocycles. The Morgan fingerprint density at radius 1 is 1.19 bits per heavy atom. The highest BCUT2D eigenvalue weighted by molar-refractivity contribution is 5.92. The Kier molecular flexibility index (Phi) is 4.82. The molecule has 2 aromatic heterocycles. The van der Waals surface area contributed by atoms with E-state index >= 15 is 0 Å². The van der Waals surface area contributed by atoms with Gasteiger partial charge in [0.25, 0.3) is 5.91 Å². The number of nitrogens with one attached hydrogen (secondary N) is 1. The summed E-state index contributed by atoms with van der Waals surface area (Å²) in [5.41, 5.74) is 2.57. The molecule has 27 heavy (non-hydrogen) atoms. The molecule has 7 heteroatoms. The van der Waals surface area contributed by atoms with Gasteiger partial charge >= 0.3 is 0 Å². The SMILES string of the molecule is CCn1nccc1C(=O)NC1CCN(c2nccc(-c3ccccc3)n2)C1. The fourth-order valence-corrected chi connectivity index (χ4v) is 3.37. The van der Waals surface area contributed by atoms with Crippen LogP contribution < -0.4 is 10.2 Å². The fourth-order valence-electron chi connectivity index (χ4n) is 3.37. The molecule has 138 valence electrons. The molecule has 0 radical (unpaired) electrons. The number of rotatable bonds is 5. The highest BCUT2D eigenvalue weighted by Crippen LogP contribution is 2.21. The molecule has 0 spiro atoms. The molecule has 1 N–H and O–H groups in total.